The monoisotopic (exact) mass is 622 g/mol. The number of hydrogen-bond donors (Lipinski definition) is 2. The van der Waals surface area contributed by atoms with Gasteiger partial charge in [-0.1, -0.05) is 53.0 Å². The first-order valence-electron chi connectivity index (χ1n) is 12.8. The van der Waals surface area contributed by atoms with Crippen LogP contribution in [0.3, 0.4) is 0 Å². The molecule has 42 heavy (non-hydrogen) atoms. The van der Waals surface area contributed by atoms with Gasteiger partial charge < -0.3 is 24.8 Å². The van der Waals surface area contributed by atoms with Crippen molar-refractivity contribution in [1.82, 2.24) is 20.4 Å². The number of thiophene rings is 1. The maximum atomic E-state index is 12.4. The maximum Gasteiger partial charge on any atom is 0.231 e. The molecule has 2 aromatic carbocycles. The number of carbonyl (C=O) groups excluding carboxylic acids is 2. The maximum absolute atomic E-state index is 12.4. The van der Waals surface area contributed by atoms with Gasteiger partial charge >= 0.3 is 0 Å². The lowest BCUT2D eigenvalue weighted by atomic mass is 10.1. The van der Waals surface area contributed by atoms with E-state index < -0.39 is 0 Å². The molecule has 0 fully saturated rings. The summed E-state index contributed by atoms with van der Waals surface area (Å²) in [5.41, 5.74) is 3.27. The second kappa shape index (κ2) is 14.5. The molecule has 0 atom stereocenters. The number of ether oxygens (including phenoxy) is 3. The molecule has 0 aliphatic carbocycles. The molecule has 0 aliphatic rings. The summed E-state index contributed by atoms with van der Waals surface area (Å²) in [5, 5.41) is 25.0. The van der Waals surface area contributed by atoms with E-state index in [-0.39, 0.29) is 31.4 Å². The summed E-state index contributed by atoms with van der Waals surface area (Å²) in [7, 11) is 1.58. The molecule has 0 radical (unpaired) electrons. The Morgan fingerprint density at radius 2 is 1.62 bits per heavy atom. The quantitative estimate of drug-likeness (QED) is 0.166. The molecular weight excluding hydrogens is 597 g/mol. The number of aromatic nitrogens is 4. The first kappa shape index (κ1) is 29.1. The lowest BCUT2D eigenvalue weighted by Crippen LogP contribution is -2.16. The van der Waals surface area contributed by atoms with Crippen molar-refractivity contribution in [1.29, 1.82) is 0 Å². The zero-order valence-electron chi connectivity index (χ0n) is 22.4. The topological polar surface area (TPSA) is 137 Å². The Labute approximate surface area is 253 Å². The van der Waals surface area contributed by atoms with Crippen molar-refractivity contribution < 1.29 is 23.8 Å². The number of rotatable bonds is 14. The zero-order valence-corrected chi connectivity index (χ0v) is 24.9. The van der Waals surface area contributed by atoms with Crippen LogP contribution in [-0.4, -0.2) is 52.5 Å². The van der Waals surface area contributed by atoms with Crippen LogP contribution in [0.1, 0.15) is 21.0 Å². The van der Waals surface area contributed by atoms with E-state index in [0.29, 0.717) is 40.4 Å². The molecule has 14 heteroatoms. The second-order valence-electron chi connectivity index (χ2n) is 8.74. The Balaban J connectivity index is 1.10. The Kier molecular flexibility index (Phi) is 10.0. The van der Waals surface area contributed by atoms with Crippen LogP contribution in [0.2, 0.25) is 0 Å². The minimum atomic E-state index is -0.201. The highest BCUT2D eigenvalue weighted by atomic mass is 32.1. The average molecular weight is 623 g/mol. The number of hydrogen-bond acceptors (Lipinski definition) is 12. The van der Waals surface area contributed by atoms with Gasteiger partial charge in [0.1, 0.15) is 29.5 Å². The van der Waals surface area contributed by atoms with Crippen molar-refractivity contribution in [2.45, 2.75) is 19.3 Å². The summed E-state index contributed by atoms with van der Waals surface area (Å²) in [6, 6.07) is 16.9. The number of methoxy groups -OCH3 is 1. The first-order chi connectivity index (χ1) is 20.6. The van der Waals surface area contributed by atoms with Crippen molar-refractivity contribution in [3.8, 4) is 17.2 Å². The lowest BCUT2D eigenvalue weighted by Gasteiger charge is -2.14. The fourth-order valence-corrected chi connectivity index (χ4v) is 5.84. The molecule has 216 valence electrons. The molecule has 0 bridgehead atoms. The number of nitrogens with one attached hydrogen (secondary N) is 2. The molecule has 5 aromatic rings. The van der Waals surface area contributed by atoms with Crippen LogP contribution >= 0.6 is 34.0 Å². The van der Waals surface area contributed by atoms with Gasteiger partial charge in [-0.3, -0.25) is 9.59 Å². The van der Waals surface area contributed by atoms with Crippen LogP contribution in [0.25, 0.3) is 0 Å². The molecule has 0 saturated carbocycles. The minimum Gasteiger partial charge on any atom is -0.493 e. The summed E-state index contributed by atoms with van der Waals surface area (Å²) < 4.78 is 17.4. The fourth-order valence-electron chi connectivity index (χ4n) is 3.88. The van der Waals surface area contributed by atoms with Gasteiger partial charge in [0, 0.05) is 16.9 Å². The molecule has 0 spiro atoms. The fraction of sp³-hybridized carbons (Fsp3) is 0.214. The van der Waals surface area contributed by atoms with Crippen LogP contribution in [-0.2, 0) is 28.9 Å². The molecule has 11 nitrogen and oxygen atoms in total. The number of amides is 2. The SMILES string of the molecule is COc1cc(Cc2nnc(NC(=O)Cc3cccs3)s2)ccc1OCCOc1ccccc1CC(=O)Nc1nncs1. The largest absolute Gasteiger partial charge is 0.493 e. The van der Waals surface area contributed by atoms with Gasteiger partial charge in [-0.15, -0.1) is 31.7 Å². The van der Waals surface area contributed by atoms with Crippen LogP contribution < -0.4 is 24.8 Å². The molecule has 3 heterocycles. The summed E-state index contributed by atoms with van der Waals surface area (Å²) in [6.07, 6.45) is 0.983. The van der Waals surface area contributed by atoms with E-state index in [9.17, 15) is 9.59 Å². The highest BCUT2D eigenvalue weighted by molar-refractivity contribution is 7.15. The molecule has 0 unspecified atom stereocenters. The van der Waals surface area contributed by atoms with Crippen molar-refractivity contribution in [2.24, 2.45) is 0 Å². The van der Waals surface area contributed by atoms with E-state index in [1.807, 2.05) is 60.0 Å². The predicted octanol–water partition coefficient (Wildman–Crippen LogP) is 4.87. The predicted molar refractivity (Wildman–Crippen MR) is 162 cm³/mol. The van der Waals surface area contributed by atoms with Gasteiger partial charge in [0.25, 0.3) is 0 Å². The Morgan fingerprint density at radius 1 is 0.810 bits per heavy atom. The standard InChI is InChI=1S/C28H26N6O5S3/c1-37-23-13-18(14-26-32-34-28(42-26)31-25(36)16-20-6-4-12-40-20)8-9-22(23)39-11-10-38-21-7-3-2-5-19(21)15-24(35)30-27-33-29-17-41-27/h2-9,12-13,17H,10-11,14-16H2,1H3,(H,30,33,35)(H,31,34,36). The third-order valence-electron chi connectivity index (χ3n) is 5.74. The highest BCUT2D eigenvalue weighted by Crippen LogP contribution is 2.30. The van der Waals surface area contributed by atoms with E-state index in [4.69, 9.17) is 14.2 Å². The average Bonchev–Trinajstić information content (AvgIpc) is 3.77. The van der Waals surface area contributed by atoms with Crippen molar-refractivity contribution in [3.63, 3.8) is 0 Å². The Bertz CT molecular complexity index is 1610. The van der Waals surface area contributed by atoms with Crippen molar-refractivity contribution >= 4 is 56.1 Å². The van der Waals surface area contributed by atoms with E-state index in [1.54, 1.807) is 24.0 Å². The molecule has 2 N–H and O–H groups in total. The van der Waals surface area contributed by atoms with Gasteiger partial charge in [0.05, 0.1) is 20.0 Å². The third-order valence-corrected chi connectivity index (χ3v) is 8.06. The highest BCUT2D eigenvalue weighted by Gasteiger charge is 2.13. The number of carbonyl (C=O) groups is 2. The van der Waals surface area contributed by atoms with Gasteiger partial charge in [-0.25, -0.2) is 0 Å². The van der Waals surface area contributed by atoms with Gasteiger partial charge in [-0.2, -0.15) is 0 Å². The number of benzene rings is 2. The van der Waals surface area contributed by atoms with Crippen molar-refractivity contribution in [2.75, 3.05) is 31.0 Å². The molecule has 0 aliphatic heterocycles. The summed E-state index contributed by atoms with van der Waals surface area (Å²) in [6.45, 7) is 0.539. The Hall–Kier alpha value is -4.40. The molecule has 0 saturated heterocycles. The van der Waals surface area contributed by atoms with Crippen LogP contribution in [0, 0.1) is 0 Å². The normalized spacial score (nSPS) is 10.7. The third kappa shape index (κ3) is 8.31. The molecule has 5 rings (SSSR count). The van der Waals surface area contributed by atoms with E-state index in [2.05, 4.69) is 31.0 Å². The van der Waals surface area contributed by atoms with Crippen LogP contribution in [0.4, 0.5) is 10.3 Å². The second-order valence-corrected chi connectivity index (χ2v) is 11.7. The van der Waals surface area contributed by atoms with Gasteiger partial charge in [0.2, 0.25) is 22.1 Å². The minimum absolute atomic E-state index is 0.120. The molecule has 2 amide bonds. The number of anilines is 2. The van der Waals surface area contributed by atoms with Gasteiger partial charge in [0.15, 0.2) is 11.5 Å². The van der Waals surface area contributed by atoms with E-state index in [1.165, 1.54) is 22.7 Å². The smallest absolute Gasteiger partial charge is 0.231 e. The summed E-state index contributed by atoms with van der Waals surface area (Å²) in [4.78, 5) is 25.6. The zero-order chi connectivity index (χ0) is 29.1. The van der Waals surface area contributed by atoms with Crippen LogP contribution in [0.15, 0.2) is 65.5 Å². The first-order valence-corrected chi connectivity index (χ1v) is 15.3. The van der Waals surface area contributed by atoms with E-state index in [0.717, 1.165) is 21.0 Å². The lowest BCUT2D eigenvalue weighted by molar-refractivity contribution is -0.116. The molecular formula is C28H26N6O5S3. The number of nitrogens with zero attached hydrogens (tertiary/aromatic N) is 4. The van der Waals surface area contributed by atoms with Crippen LogP contribution in [0.5, 0.6) is 17.2 Å². The number of para-hydroxylation sites is 1. The van der Waals surface area contributed by atoms with Crippen molar-refractivity contribution in [3.05, 3.63) is 86.5 Å². The Morgan fingerprint density at radius 3 is 2.40 bits per heavy atom. The summed E-state index contributed by atoms with van der Waals surface area (Å²) >= 11 is 4.14. The molecule has 3 aromatic heterocycles. The van der Waals surface area contributed by atoms with E-state index >= 15 is 0 Å². The van der Waals surface area contributed by atoms with Gasteiger partial charge in [-0.05, 0) is 35.2 Å². The summed E-state index contributed by atoms with van der Waals surface area (Å²) in [5.74, 6) is 1.44.